The second kappa shape index (κ2) is 8.52. The van der Waals surface area contributed by atoms with Gasteiger partial charge in [0, 0.05) is 24.8 Å². The predicted octanol–water partition coefficient (Wildman–Crippen LogP) is 1.03. The molecular formula is C15H17NO5. The van der Waals surface area contributed by atoms with Crippen LogP contribution in [0.1, 0.15) is 10.4 Å². The van der Waals surface area contributed by atoms with Crippen LogP contribution in [0.25, 0.3) is 0 Å². The third-order valence-corrected chi connectivity index (χ3v) is 2.60. The van der Waals surface area contributed by atoms with Crippen LogP contribution in [-0.2, 0) is 19.1 Å². The minimum absolute atomic E-state index is 0.0411. The fourth-order valence-electron chi connectivity index (χ4n) is 1.44. The Bertz CT molecular complexity index is 524. The van der Waals surface area contributed by atoms with Gasteiger partial charge in [-0.1, -0.05) is 18.2 Å². The van der Waals surface area contributed by atoms with Crippen molar-refractivity contribution in [3.8, 4) is 0 Å². The third kappa shape index (κ3) is 5.90. The molecule has 6 nitrogen and oxygen atoms in total. The van der Waals surface area contributed by atoms with Crippen molar-refractivity contribution >= 4 is 17.8 Å². The van der Waals surface area contributed by atoms with Crippen LogP contribution in [0.3, 0.4) is 0 Å². The van der Waals surface area contributed by atoms with E-state index in [1.54, 1.807) is 31.3 Å². The van der Waals surface area contributed by atoms with E-state index in [1.165, 1.54) is 12.0 Å². The smallest absolute Gasteiger partial charge is 0.331 e. The number of esters is 2. The lowest BCUT2D eigenvalue weighted by Gasteiger charge is -2.16. The highest BCUT2D eigenvalue weighted by Gasteiger charge is 2.11. The molecule has 0 atom stereocenters. The molecule has 0 heterocycles. The zero-order chi connectivity index (χ0) is 15.7. The Hall–Kier alpha value is -2.63. The van der Waals surface area contributed by atoms with E-state index < -0.39 is 11.9 Å². The molecule has 21 heavy (non-hydrogen) atoms. The Morgan fingerprint density at radius 2 is 1.71 bits per heavy atom. The number of nitrogens with zero attached hydrogens (tertiary/aromatic N) is 1. The lowest BCUT2D eigenvalue weighted by atomic mass is 10.2. The number of rotatable bonds is 6. The summed E-state index contributed by atoms with van der Waals surface area (Å²) in [5.74, 6) is -1.46. The molecule has 0 N–H and O–H groups in total. The van der Waals surface area contributed by atoms with Gasteiger partial charge in [0.25, 0.3) is 5.91 Å². The highest BCUT2D eigenvalue weighted by molar-refractivity contribution is 5.94. The molecule has 1 aromatic rings. The van der Waals surface area contributed by atoms with Crippen LogP contribution in [0.15, 0.2) is 42.5 Å². The first kappa shape index (κ1) is 16.4. The molecule has 1 aromatic carbocycles. The van der Waals surface area contributed by atoms with Crippen LogP contribution in [0.4, 0.5) is 0 Å². The first-order valence-corrected chi connectivity index (χ1v) is 6.28. The van der Waals surface area contributed by atoms with Crippen molar-refractivity contribution in [3.63, 3.8) is 0 Å². The van der Waals surface area contributed by atoms with Gasteiger partial charge in [0.2, 0.25) is 0 Å². The molecule has 1 amide bonds. The average molecular weight is 291 g/mol. The van der Waals surface area contributed by atoms with Gasteiger partial charge in [0.1, 0.15) is 6.61 Å². The van der Waals surface area contributed by atoms with Crippen molar-refractivity contribution in [1.82, 2.24) is 4.90 Å². The maximum absolute atomic E-state index is 12.0. The number of benzene rings is 1. The van der Waals surface area contributed by atoms with Crippen LogP contribution in [-0.4, -0.2) is 50.1 Å². The molecular weight excluding hydrogens is 274 g/mol. The zero-order valence-electron chi connectivity index (χ0n) is 11.9. The summed E-state index contributed by atoms with van der Waals surface area (Å²) in [6.45, 7) is 0.297. The van der Waals surface area contributed by atoms with Crippen LogP contribution in [0.5, 0.6) is 0 Å². The highest BCUT2D eigenvalue weighted by Crippen LogP contribution is 2.02. The highest BCUT2D eigenvalue weighted by atomic mass is 16.5. The number of methoxy groups -OCH3 is 1. The summed E-state index contributed by atoms with van der Waals surface area (Å²) in [5, 5.41) is 0. The van der Waals surface area contributed by atoms with Crippen molar-refractivity contribution in [2.45, 2.75) is 0 Å². The number of carbonyl (C=O) groups is 3. The molecule has 0 saturated carbocycles. The van der Waals surface area contributed by atoms with E-state index in [4.69, 9.17) is 4.74 Å². The first-order chi connectivity index (χ1) is 10.0. The van der Waals surface area contributed by atoms with Crippen molar-refractivity contribution in [2.24, 2.45) is 0 Å². The van der Waals surface area contributed by atoms with E-state index in [1.807, 2.05) is 6.07 Å². The lowest BCUT2D eigenvalue weighted by Crippen LogP contribution is -2.30. The Morgan fingerprint density at radius 1 is 1.10 bits per heavy atom. The Morgan fingerprint density at radius 3 is 2.33 bits per heavy atom. The molecule has 0 fully saturated rings. The van der Waals surface area contributed by atoms with Crippen LogP contribution in [0.2, 0.25) is 0 Å². The molecule has 0 bridgehead atoms. The number of amides is 1. The fourth-order valence-corrected chi connectivity index (χ4v) is 1.44. The van der Waals surface area contributed by atoms with Crippen molar-refractivity contribution in [2.75, 3.05) is 27.3 Å². The molecule has 0 radical (unpaired) electrons. The lowest BCUT2D eigenvalue weighted by molar-refractivity contribution is -0.139. The Kier molecular flexibility index (Phi) is 6.67. The standard InChI is InChI=1S/C15H17NO5/c1-16(15(19)12-6-4-3-5-7-12)10-11-21-14(18)9-8-13(17)20-2/h3-9H,10-11H2,1-2H3/b9-8+. The van der Waals surface area contributed by atoms with Gasteiger partial charge in [-0.05, 0) is 12.1 Å². The summed E-state index contributed by atoms with van der Waals surface area (Å²) >= 11 is 0. The summed E-state index contributed by atoms with van der Waals surface area (Å²) in [5.41, 5.74) is 0.567. The number of carbonyl (C=O) groups excluding carboxylic acids is 3. The summed E-state index contributed by atoms with van der Waals surface area (Å²) < 4.78 is 9.20. The Balaban J connectivity index is 2.35. The van der Waals surface area contributed by atoms with Crippen LogP contribution < -0.4 is 0 Å². The Labute approximate surface area is 122 Å². The summed E-state index contributed by atoms with van der Waals surface area (Å²) in [4.78, 5) is 35.5. The second-order valence-electron chi connectivity index (χ2n) is 4.12. The molecule has 0 aromatic heterocycles. The van der Waals surface area contributed by atoms with E-state index in [2.05, 4.69) is 4.74 Å². The van der Waals surface area contributed by atoms with E-state index in [0.29, 0.717) is 5.56 Å². The van der Waals surface area contributed by atoms with E-state index >= 15 is 0 Å². The van der Waals surface area contributed by atoms with Gasteiger partial charge in [0.05, 0.1) is 13.7 Å². The summed E-state index contributed by atoms with van der Waals surface area (Å²) in [7, 11) is 2.83. The maximum Gasteiger partial charge on any atom is 0.331 e. The van der Waals surface area contributed by atoms with Crippen LogP contribution in [0, 0.1) is 0 Å². The molecule has 0 saturated heterocycles. The summed E-state index contributed by atoms with van der Waals surface area (Å²) in [6, 6.07) is 8.80. The molecule has 112 valence electrons. The second-order valence-corrected chi connectivity index (χ2v) is 4.12. The van der Waals surface area contributed by atoms with Gasteiger partial charge in [-0.25, -0.2) is 9.59 Å². The van der Waals surface area contributed by atoms with E-state index in [9.17, 15) is 14.4 Å². The fraction of sp³-hybridized carbons (Fsp3) is 0.267. The molecule has 1 rings (SSSR count). The van der Waals surface area contributed by atoms with Gasteiger partial charge in [-0.2, -0.15) is 0 Å². The van der Waals surface area contributed by atoms with Gasteiger partial charge >= 0.3 is 11.9 Å². The monoisotopic (exact) mass is 291 g/mol. The molecule has 0 aliphatic rings. The number of ether oxygens (including phenoxy) is 2. The van der Waals surface area contributed by atoms with E-state index in [0.717, 1.165) is 12.2 Å². The topological polar surface area (TPSA) is 72.9 Å². The van der Waals surface area contributed by atoms with Crippen molar-refractivity contribution in [1.29, 1.82) is 0 Å². The molecule has 0 aliphatic heterocycles. The SMILES string of the molecule is COC(=O)/C=C/C(=O)OCCN(C)C(=O)c1ccccc1. The molecule has 0 aliphatic carbocycles. The van der Waals surface area contributed by atoms with E-state index in [-0.39, 0.29) is 19.1 Å². The van der Waals surface area contributed by atoms with Gasteiger partial charge in [-0.15, -0.1) is 0 Å². The maximum atomic E-state index is 12.0. The number of hydrogen-bond acceptors (Lipinski definition) is 5. The average Bonchev–Trinajstić information content (AvgIpc) is 2.52. The normalized spacial score (nSPS) is 10.2. The third-order valence-electron chi connectivity index (χ3n) is 2.60. The van der Waals surface area contributed by atoms with Gasteiger partial charge in [0.15, 0.2) is 0 Å². The van der Waals surface area contributed by atoms with Crippen LogP contribution >= 0.6 is 0 Å². The first-order valence-electron chi connectivity index (χ1n) is 6.28. The largest absolute Gasteiger partial charge is 0.466 e. The molecule has 0 spiro atoms. The van der Waals surface area contributed by atoms with Crippen molar-refractivity contribution < 1.29 is 23.9 Å². The molecule has 6 heteroatoms. The number of hydrogen-bond donors (Lipinski definition) is 0. The molecule has 0 unspecified atom stereocenters. The minimum atomic E-state index is -0.666. The van der Waals surface area contributed by atoms with Crippen molar-refractivity contribution in [3.05, 3.63) is 48.0 Å². The predicted molar refractivity (Wildman–Crippen MR) is 75.5 cm³/mol. The van der Waals surface area contributed by atoms with Gasteiger partial charge < -0.3 is 14.4 Å². The summed E-state index contributed by atoms with van der Waals surface area (Å²) in [6.07, 6.45) is 1.95. The quantitative estimate of drug-likeness (QED) is 0.578. The van der Waals surface area contributed by atoms with Gasteiger partial charge in [-0.3, -0.25) is 4.79 Å². The zero-order valence-corrected chi connectivity index (χ0v) is 11.9. The number of likely N-dealkylation sites (N-methyl/N-ethyl adjacent to an activating group) is 1. The minimum Gasteiger partial charge on any atom is -0.466 e.